The number of aliphatic hydroxyl groups is 1. The average Bonchev–Trinajstić information content (AvgIpc) is 2.96. The Balaban J connectivity index is 0.000000278. The van der Waals surface area contributed by atoms with E-state index in [0.717, 1.165) is 64.1 Å². The molecule has 0 spiro atoms. The van der Waals surface area contributed by atoms with Crippen LogP contribution in [-0.2, 0) is 38.2 Å². The highest BCUT2D eigenvalue weighted by molar-refractivity contribution is 5.75. The summed E-state index contributed by atoms with van der Waals surface area (Å²) in [5, 5.41) is 17.7. The molecule has 3 saturated carbocycles. The normalized spacial score (nSPS) is 29.1. The number of carboxylic acid groups (broad SMARTS) is 1. The first-order chi connectivity index (χ1) is 17.7. The number of methoxy groups -OCH3 is 3. The van der Waals surface area contributed by atoms with Crippen LogP contribution in [0.15, 0.2) is 0 Å². The molecule has 10 heteroatoms. The van der Waals surface area contributed by atoms with E-state index in [2.05, 4.69) is 14.2 Å². The fourth-order valence-electron chi connectivity index (χ4n) is 5.36. The van der Waals surface area contributed by atoms with Crippen molar-refractivity contribution in [2.24, 2.45) is 35.5 Å². The van der Waals surface area contributed by atoms with E-state index in [-0.39, 0.29) is 54.1 Å². The molecule has 6 unspecified atom stereocenters. The van der Waals surface area contributed by atoms with Gasteiger partial charge in [0.1, 0.15) is 6.29 Å². The third-order valence-electron chi connectivity index (χ3n) is 7.58. The second kappa shape index (κ2) is 17.9. The van der Waals surface area contributed by atoms with Crippen LogP contribution in [0, 0.1) is 35.5 Å². The molecule has 0 radical (unpaired) electrons. The van der Waals surface area contributed by atoms with Crippen LogP contribution in [0.4, 0.5) is 0 Å². The highest BCUT2D eigenvalue weighted by Gasteiger charge is 2.31. The molecule has 3 aliphatic rings. The van der Waals surface area contributed by atoms with Gasteiger partial charge in [-0.1, -0.05) is 19.3 Å². The zero-order valence-corrected chi connectivity index (χ0v) is 22.4. The number of hydrogen-bond donors (Lipinski definition) is 2. The first kappa shape index (κ1) is 32.5. The van der Waals surface area contributed by atoms with E-state index < -0.39 is 5.97 Å². The molecule has 0 bridgehead atoms. The zero-order chi connectivity index (χ0) is 27.8. The van der Waals surface area contributed by atoms with E-state index in [9.17, 15) is 24.0 Å². The summed E-state index contributed by atoms with van der Waals surface area (Å²) in [4.78, 5) is 54.5. The molecule has 2 N–H and O–H groups in total. The molecule has 0 amide bonds. The van der Waals surface area contributed by atoms with E-state index >= 15 is 0 Å². The third-order valence-corrected chi connectivity index (χ3v) is 7.58. The van der Waals surface area contributed by atoms with Crippen molar-refractivity contribution in [2.45, 2.75) is 77.0 Å². The molecule has 0 aromatic carbocycles. The number of carbonyl (C=O) groups excluding carboxylic acids is 4. The number of carboxylic acids is 1. The maximum Gasteiger partial charge on any atom is 0.308 e. The average molecular weight is 529 g/mol. The molecule has 0 aromatic rings. The van der Waals surface area contributed by atoms with Crippen LogP contribution >= 0.6 is 0 Å². The van der Waals surface area contributed by atoms with Gasteiger partial charge in [0, 0.05) is 12.5 Å². The van der Waals surface area contributed by atoms with Crippen LogP contribution in [0.25, 0.3) is 0 Å². The van der Waals surface area contributed by atoms with E-state index in [1.165, 1.54) is 21.3 Å². The van der Waals surface area contributed by atoms with Gasteiger partial charge in [0.2, 0.25) is 0 Å². The Labute approximate surface area is 219 Å². The molecule has 10 nitrogen and oxygen atoms in total. The van der Waals surface area contributed by atoms with Crippen molar-refractivity contribution >= 4 is 30.2 Å². The Kier molecular flexibility index (Phi) is 15.7. The Morgan fingerprint density at radius 3 is 1.57 bits per heavy atom. The van der Waals surface area contributed by atoms with Crippen molar-refractivity contribution in [3.63, 3.8) is 0 Å². The van der Waals surface area contributed by atoms with Gasteiger partial charge in [-0.05, 0) is 63.7 Å². The maximum atomic E-state index is 11.1. The Morgan fingerprint density at radius 2 is 1.11 bits per heavy atom. The molecule has 6 atom stereocenters. The molecular formula is C27H44O10. The Bertz CT molecular complexity index is 737. The minimum Gasteiger partial charge on any atom is -0.481 e. The van der Waals surface area contributed by atoms with Crippen molar-refractivity contribution in [2.75, 3.05) is 27.9 Å². The summed E-state index contributed by atoms with van der Waals surface area (Å²) >= 11 is 0. The second-order valence-electron chi connectivity index (χ2n) is 10.1. The monoisotopic (exact) mass is 528 g/mol. The van der Waals surface area contributed by atoms with Gasteiger partial charge < -0.3 is 29.2 Å². The summed E-state index contributed by atoms with van der Waals surface area (Å²) in [6.07, 6.45) is 10.9. The van der Waals surface area contributed by atoms with Gasteiger partial charge in [-0.15, -0.1) is 0 Å². The van der Waals surface area contributed by atoms with Gasteiger partial charge in [0.05, 0.1) is 45.0 Å². The number of carbonyl (C=O) groups is 5. The van der Waals surface area contributed by atoms with Gasteiger partial charge in [-0.25, -0.2) is 0 Å². The largest absolute Gasteiger partial charge is 0.481 e. The van der Waals surface area contributed by atoms with Gasteiger partial charge in [0.25, 0.3) is 0 Å². The van der Waals surface area contributed by atoms with Crippen LogP contribution in [0.2, 0.25) is 0 Å². The van der Waals surface area contributed by atoms with Crippen molar-refractivity contribution in [3.8, 4) is 0 Å². The third kappa shape index (κ3) is 11.6. The summed E-state index contributed by atoms with van der Waals surface area (Å²) in [5.41, 5.74) is 0. The van der Waals surface area contributed by atoms with Gasteiger partial charge in [-0.2, -0.15) is 0 Å². The number of rotatable bonds is 6. The Hall–Kier alpha value is -2.49. The molecule has 0 saturated heterocycles. The molecule has 0 aliphatic heterocycles. The quantitative estimate of drug-likeness (QED) is 0.298. The summed E-state index contributed by atoms with van der Waals surface area (Å²) < 4.78 is 13.9. The molecule has 0 aromatic heterocycles. The number of aliphatic carboxylic acids is 1. The van der Waals surface area contributed by atoms with E-state index in [4.69, 9.17) is 10.2 Å². The van der Waals surface area contributed by atoms with Crippen LogP contribution < -0.4 is 0 Å². The lowest BCUT2D eigenvalue weighted by Crippen LogP contribution is -2.27. The number of hydrogen-bond acceptors (Lipinski definition) is 9. The molecule has 3 aliphatic carbocycles. The van der Waals surface area contributed by atoms with Crippen LogP contribution in [0.5, 0.6) is 0 Å². The van der Waals surface area contributed by atoms with Gasteiger partial charge in [0.15, 0.2) is 0 Å². The zero-order valence-electron chi connectivity index (χ0n) is 22.4. The van der Waals surface area contributed by atoms with Gasteiger partial charge in [-0.3, -0.25) is 19.2 Å². The SMILES string of the molecule is COC(=O)C1CCCC(C(=O)O)C1.COC(=O)C1CCCC(C=O)C1.COC(=O)C1CCCC(CO)C1. The Morgan fingerprint density at radius 1 is 0.676 bits per heavy atom. The summed E-state index contributed by atoms with van der Waals surface area (Å²) in [5.74, 6) is -1.56. The van der Waals surface area contributed by atoms with E-state index in [0.29, 0.717) is 25.2 Å². The van der Waals surface area contributed by atoms with Crippen LogP contribution in [-0.4, -0.2) is 68.3 Å². The lowest BCUT2D eigenvalue weighted by Gasteiger charge is -2.25. The van der Waals surface area contributed by atoms with Crippen molar-refractivity contribution < 1.29 is 48.4 Å². The lowest BCUT2D eigenvalue weighted by atomic mass is 9.81. The van der Waals surface area contributed by atoms with Crippen LogP contribution in [0.1, 0.15) is 77.0 Å². The highest BCUT2D eigenvalue weighted by atomic mass is 16.5. The molecule has 3 rings (SSSR count). The first-order valence-corrected chi connectivity index (χ1v) is 13.2. The first-order valence-electron chi connectivity index (χ1n) is 13.2. The fourth-order valence-corrected chi connectivity index (χ4v) is 5.36. The minimum absolute atomic E-state index is 0.0286. The van der Waals surface area contributed by atoms with Crippen LogP contribution in [0.3, 0.4) is 0 Å². The second-order valence-corrected chi connectivity index (χ2v) is 10.1. The summed E-state index contributed by atoms with van der Waals surface area (Å²) in [6, 6.07) is 0. The lowest BCUT2D eigenvalue weighted by molar-refractivity contribution is -0.150. The topological polar surface area (TPSA) is 154 Å². The minimum atomic E-state index is -0.798. The number of aliphatic hydroxyl groups excluding tert-OH is 1. The summed E-state index contributed by atoms with van der Waals surface area (Å²) in [7, 11) is 4.16. The standard InChI is InChI=1S/C9H14O4.C9H16O3.C9H14O3/c1-13-9(12)7-4-2-3-6(5-7)8(10)11;2*1-12-9(11)8-4-2-3-7(5-8)6-10/h6-7H,2-5H2,1H3,(H,10,11);7-8,10H,2-6H2,1H3;6-8H,2-5H2,1H3. The van der Waals surface area contributed by atoms with E-state index in [1.807, 2.05) is 0 Å². The predicted molar refractivity (Wildman–Crippen MR) is 133 cm³/mol. The maximum absolute atomic E-state index is 11.1. The highest BCUT2D eigenvalue weighted by Crippen LogP contribution is 2.31. The molecular weight excluding hydrogens is 484 g/mol. The number of ether oxygens (including phenoxy) is 3. The fraction of sp³-hybridized carbons (Fsp3) is 0.815. The smallest absolute Gasteiger partial charge is 0.308 e. The van der Waals surface area contributed by atoms with Crippen molar-refractivity contribution in [1.82, 2.24) is 0 Å². The molecule has 37 heavy (non-hydrogen) atoms. The molecule has 0 heterocycles. The molecule has 212 valence electrons. The number of aldehydes is 1. The number of esters is 3. The molecule has 3 fully saturated rings. The summed E-state index contributed by atoms with van der Waals surface area (Å²) in [6.45, 7) is 0.202. The van der Waals surface area contributed by atoms with Gasteiger partial charge >= 0.3 is 23.9 Å². The van der Waals surface area contributed by atoms with E-state index in [1.54, 1.807) is 0 Å². The van der Waals surface area contributed by atoms with Crippen molar-refractivity contribution in [3.05, 3.63) is 0 Å². The van der Waals surface area contributed by atoms with Crippen molar-refractivity contribution in [1.29, 1.82) is 0 Å². The predicted octanol–water partition coefficient (Wildman–Crippen LogP) is 3.17.